The highest BCUT2D eigenvalue weighted by Gasteiger charge is 2.30. The van der Waals surface area contributed by atoms with E-state index < -0.39 is 18.1 Å². The van der Waals surface area contributed by atoms with Crippen LogP contribution in [0.15, 0.2) is 42.7 Å². The summed E-state index contributed by atoms with van der Waals surface area (Å²) in [5, 5.41) is 3.93. The first-order valence-electron chi connectivity index (χ1n) is 8.80. The van der Waals surface area contributed by atoms with Crippen LogP contribution in [0.1, 0.15) is 16.8 Å². The highest BCUT2D eigenvalue weighted by molar-refractivity contribution is 6.06. The van der Waals surface area contributed by atoms with E-state index in [0.717, 1.165) is 11.1 Å². The maximum absolute atomic E-state index is 14.9. The summed E-state index contributed by atoms with van der Waals surface area (Å²) in [6.07, 6.45) is 2.61. The minimum atomic E-state index is -1.11. The number of primary amides is 1. The molecule has 1 aromatic carbocycles. The van der Waals surface area contributed by atoms with Gasteiger partial charge in [-0.25, -0.2) is 9.37 Å². The van der Waals surface area contributed by atoms with E-state index in [1.165, 1.54) is 6.20 Å². The first-order valence-corrected chi connectivity index (χ1v) is 8.80. The molecule has 0 spiro atoms. The first kappa shape index (κ1) is 17.1. The molecular formula is C19H21FN6O. The summed E-state index contributed by atoms with van der Waals surface area (Å²) in [4.78, 5) is 21.0. The molecule has 0 bridgehead atoms. The number of hydrogen-bond donors (Lipinski definition) is 4. The van der Waals surface area contributed by atoms with Gasteiger partial charge >= 0.3 is 0 Å². The molecule has 1 saturated heterocycles. The number of nitrogens with two attached hydrogens (primary N) is 2. The number of aromatic nitrogens is 2. The van der Waals surface area contributed by atoms with Crippen LogP contribution in [0.4, 0.5) is 21.5 Å². The average molecular weight is 368 g/mol. The fraction of sp³-hybridized carbons (Fsp3) is 0.263. The highest BCUT2D eigenvalue weighted by Crippen LogP contribution is 2.29. The van der Waals surface area contributed by atoms with E-state index in [1.807, 2.05) is 29.2 Å². The summed E-state index contributed by atoms with van der Waals surface area (Å²) in [5.41, 5.74) is 14.2. The second-order valence-corrected chi connectivity index (χ2v) is 6.74. The van der Waals surface area contributed by atoms with Crippen LogP contribution in [0.5, 0.6) is 0 Å². The molecule has 0 aliphatic carbocycles. The van der Waals surface area contributed by atoms with Crippen molar-refractivity contribution in [1.82, 2.24) is 9.97 Å². The molecule has 1 aliphatic heterocycles. The number of alkyl halides is 1. The number of nitrogen functional groups attached to an aromatic ring is 1. The van der Waals surface area contributed by atoms with Gasteiger partial charge in [-0.05, 0) is 36.8 Å². The lowest BCUT2D eigenvalue weighted by atomic mass is 10.0. The SMILES string of the molecule is NC(=O)c1cnc2[nH]ccc2c1N[C@H]1CCN(c2ccc(N)cc2)C[C@H]1F. The standard InChI is InChI=1S/C19H21FN6O/c20-15-10-26(12-3-1-11(21)2-4-12)8-6-16(15)25-17-13-5-7-23-19(13)24-9-14(17)18(22)27/h1-5,7,9,15-16H,6,8,10,21H2,(H2,22,27)(H2,23,24,25)/t15-,16+/m1/s1. The summed E-state index contributed by atoms with van der Waals surface area (Å²) in [7, 11) is 0. The van der Waals surface area contributed by atoms with E-state index >= 15 is 0 Å². The molecule has 8 heteroatoms. The Kier molecular flexibility index (Phi) is 4.31. The smallest absolute Gasteiger partial charge is 0.252 e. The molecule has 140 valence electrons. The summed E-state index contributed by atoms with van der Waals surface area (Å²) < 4.78 is 14.9. The normalized spacial score (nSPS) is 20.0. The molecule has 3 aromatic rings. The van der Waals surface area contributed by atoms with Crippen LogP contribution < -0.4 is 21.7 Å². The number of amides is 1. The molecule has 0 saturated carbocycles. The number of nitrogens with zero attached hydrogens (tertiary/aromatic N) is 2. The Bertz CT molecular complexity index is 970. The third kappa shape index (κ3) is 3.25. The third-order valence-corrected chi connectivity index (χ3v) is 4.98. The quantitative estimate of drug-likeness (QED) is 0.528. The minimum absolute atomic E-state index is 0.259. The van der Waals surface area contributed by atoms with Crippen molar-refractivity contribution in [3.63, 3.8) is 0 Å². The Hall–Kier alpha value is -3.29. The first-order chi connectivity index (χ1) is 13.0. The van der Waals surface area contributed by atoms with Gasteiger partial charge in [0.25, 0.3) is 5.91 Å². The number of rotatable bonds is 4. The van der Waals surface area contributed by atoms with Crippen molar-refractivity contribution in [2.24, 2.45) is 5.73 Å². The van der Waals surface area contributed by atoms with Gasteiger partial charge < -0.3 is 26.7 Å². The van der Waals surface area contributed by atoms with Gasteiger partial charge in [0.05, 0.1) is 23.8 Å². The maximum atomic E-state index is 14.9. The predicted octanol–water partition coefficient (Wildman–Crippen LogP) is 2.27. The topological polar surface area (TPSA) is 113 Å². The number of benzene rings is 1. The van der Waals surface area contributed by atoms with Gasteiger partial charge in [-0.3, -0.25) is 4.79 Å². The monoisotopic (exact) mass is 368 g/mol. The Balaban J connectivity index is 1.55. The fourth-order valence-corrected chi connectivity index (χ4v) is 3.52. The minimum Gasteiger partial charge on any atom is -0.399 e. The number of carbonyl (C=O) groups excluding carboxylic acids is 1. The van der Waals surface area contributed by atoms with E-state index in [1.54, 1.807) is 12.3 Å². The number of pyridine rings is 1. The molecular weight excluding hydrogens is 347 g/mol. The number of aromatic amines is 1. The molecule has 2 aromatic heterocycles. The third-order valence-electron chi connectivity index (χ3n) is 4.98. The number of anilines is 3. The lowest BCUT2D eigenvalue weighted by Gasteiger charge is -2.37. The lowest BCUT2D eigenvalue weighted by molar-refractivity contribution is 0.100. The van der Waals surface area contributed by atoms with Crippen LogP contribution in [-0.2, 0) is 0 Å². The highest BCUT2D eigenvalue weighted by atomic mass is 19.1. The molecule has 1 aliphatic rings. The van der Waals surface area contributed by atoms with Gasteiger partial charge in [-0.1, -0.05) is 0 Å². The summed E-state index contributed by atoms with van der Waals surface area (Å²) >= 11 is 0. The number of H-pyrrole nitrogens is 1. The van der Waals surface area contributed by atoms with Gasteiger partial charge in [0.15, 0.2) is 0 Å². The molecule has 2 atom stereocenters. The van der Waals surface area contributed by atoms with Crippen molar-refractivity contribution in [2.45, 2.75) is 18.6 Å². The Morgan fingerprint density at radius 1 is 1.30 bits per heavy atom. The molecule has 27 heavy (non-hydrogen) atoms. The molecule has 3 heterocycles. The second kappa shape index (κ2) is 6.79. The van der Waals surface area contributed by atoms with Crippen LogP contribution in [0.25, 0.3) is 11.0 Å². The van der Waals surface area contributed by atoms with Crippen LogP contribution in [0.3, 0.4) is 0 Å². The molecule has 4 rings (SSSR count). The summed E-state index contributed by atoms with van der Waals surface area (Å²) in [5.74, 6) is -0.595. The van der Waals surface area contributed by atoms with Crippen LogP contribution >= 0.6 is 0 Å². The number of fused-ring (bicyclic) bond motifs is 1. The van der Waals surface area contributed by atoms with Crippen LogP contribution in [-0.4, -0.2) is 41.2 Å². The summed E-state index contributed by atoms with van der Waals surface area (Å²) in [6.45, 7) is 0.949. The zero-order valence-corrected chi connectivity index (χ0v) is 14.7. The van der Waals surface area contributed by atoms with Gasteiger partial charge in [0.1, 0.15) is 11.8 Å². The Labute approximate surface area is 155 Å². The lowest BCUT2D eigenvalue weighted by Crippen LogP contribution is -2.48. The maximum Gasteiger partial charge on any atom is 0.252 e. The molecule has 1 amide bonds. The van der Waals surface area contributed by atoms with Crippen molar-refractivity contribution in [3.05, 3.63) is 48.3 Å². The average Bonchev–Trinajstić information content (AvgIpc) is 3.13. The number of carbonyl (C=O) groups is 1. The number of hydrogen-bond acceptors (Lipinski definition) is 5. The Morgan fingerprint density at radius 2 is 2.07 bits per heavy atom. The summed E-state index contributed by atoms with van der Waals surface area (Å²) in [6, 6.07) is 8.79. The van der Waals surface area contributed by atoms with Crippen molar-refractivity contribution < 1.29 is 9.18 Å². The molecule has 7 nitrogen and oxygen atoms in total. The fourth-order valence-electron chi connectivity index (χ4n) is 3.52. The molecule has 6 N–H and O–H groups in total. The zero-order chi connectivity index (χ0) is 19.0. The Morgan fingerprint density at radius 3 is 2.78 bits per heavy atom. The number of nitrogens with one attached hydrogen (secondary N) is 2. The van der Waals surface area contributed by atoms with E-state index in [4.69, 9.17) is 11.5 Å². The van der Waals surface area contributed by atoms with Gasteiger partial charge in [-0.2, -0.15) is 0 Å². The van der Waals surface area contributed by atoms with Crippen molar-refractivity contribution in [2.75, 3.05) is 29.0 Å². The van der Waals surface area contributed by atoms with Crippen LogP contribution in [0.2, 0.25) is 0 Å². The van der Waals surface area contributed by atoms with Crippen LogP contribution in [0, 0.1) is 0 Å². The van der Waals surface area contributed by atoms with Gasteiger partial charge in [-0.15, -0.1) is 0 Å². The second-order valence-electron chi connectivity index (χ2n) is 6.74. The number of piperidine rings is 1. The van der Waals surface area contributed by atoms with Crippen molar-refractivity contribution in [3.8, 4) is 0 Å². The van der Waals surface area contributed by atoms with E-state index in [-0.39, 0.29) is 12.1 Å². The zero-order valence-electron chi connectivity index (χ0n) is 14.7. The van der Waals surface area contributed by atoms with Crippen molar-refractivity contribution in [1.29, 1.82) is 0 Å². The van der Waals surface area contributed by atoms with E-state index in [0.29, 0.717) is 30.0 Å². The molecule has 1 fully saturated rings. The molecule has 0 radical (unpaired) electrons. The van der Waals surface area contributed by atoms with Crippen molar-refractivity contribution >= 4 is 34.0 Å². The van der Waals surface area contributed by atoms with E-state index in [9.17, 15) is 9.18 Å². The van der Waals surface area contributed by atoms with E-state index in [2.05, 4.69) is 15.3 Å². The predicted molar refractivity (Wildman–Crippen MR) is 105 cm³/mol. The largest absolute Gasteiger partial charge is 0.399 e. The van der Waals surface area contributed by atoms with Gasteiger partial charge in [0.2, 0.25) is 0 Å². The number of halogens is 1. The van der Waals surface area contributed by atoms with Gasteiger partial charge in [0, 0.05) is 35.7 Å². The molecule has 0 unspecified atom stereocenters.